The van der Waals surface area contributed by atoms with Crippen molar-refractivity contribution in [3.63, 3.8) is 0 Å². The lowest BCUT2D eigenvalue weighted by atomic mass is 9.85. The van der Waals surface area contributed by atoms with Crippen LogP contribution in [0.25, 0.3) is 10.9 Å². The second kappa shape index (κ2) is 6.85. The Hall–Kier alpha value is -3.80. The molecule has 2 heterocycles. The lowest BCUT2D eigenvalue weighted by Gasteiger charge is -2.20. The smallest absolute Gasteiger partial charge is 0.258 e. The van der Waals surface area contributed by atoms with Gasteiger partial charge in [-0.05, 0) is 54.7 Å². The van der Waals surface area contributed by atoms with Gasteiger partial charge in [0.15, 0.2) is 0 Å². The number of carbonyl (C=O) groups excluding carboxylic acids is 3. The maximum atomic E-state index is 13.1. The van der Waals surface area contributed by atoms with Gasteiger partial charge in [-0.15, -0.1) is 0 Å². The fourth-order valence-corrected chi connectivity index (χ4v) is 5.57. The second-order valence-corrected chi connectivity index (χ2v) is 8.78. The van der Waals surface area contributed by atoms with Crippen LogP contribution in [0.15, 0.2) is 72.9 Å². The second-order valence-electron chi connectivity index (χ2n) is 8.78. The molecule has 6 nitrogen and oxygen atoms in total. The number of aromatic nitrogens is 1. The molecule has 32 heavy (non-hydrogen) atoms. The Morgan fingerprint density at radius 2 is 1.59 bits per heavy atom. The number of benzene rings is 2. The lowest BCUT2D eigenvalue weighted by Crippen LogP contribution is -2.33. The summed E-state index contributed by atoms with van der Waals surface area (Å²) in [4.78, 5) is 46.5. The van der Waals surface area contributed by atoms with Crippen LogP contribution in [0, 0.1) is 23.7 Å². The van der Waals surface area contributed by atoms with Gasteiger partial charge in [-0.1, -0.05) is 30.4 Å². The van der Waals surface area contributed by atoms with E-state index < -0.39 is 0 Å². The number of nitrogens with zero attached hydrogens (tertiary/aromatic N) is 3. The summed E-state index contributed by atoms with van der Waals surface area (Å²) in [5.41, 5.74) is 2.48. The molecule has 1 saturated heterocycles. The molecule has 6 rings (SSSR count). The molecule has 3 aliphatic rings. The van der Waals surface area contributed by atoms with E-state index >= 15 is 0 Å². The third-order valence-electron chi connectivity index (χ3n) is 7.12. The highest BCUT2D eigenvalue weighted by Crippen LogP contribution is 2.53. The highest BCUT2D eigenvalue weighted by Gasteiger charge is 2.59. The van der Waals surface area contributed by atoms with E-state index in [0.29, 0.717) is 11.3 Å². The van der Waals surface area contributed by atoms with Crippen LogP contribution in [-0.2, 0) is 9.59 Å². The monoisotopic (exact) mass is 423 g/mol. The van der Waals surface area contributed by atoms with E-state index in [-0.39, 0.29) is 41.4 Å². The van der Waals surface area contributed by atoms with Crippen molar-refractivity contribution in [3.05, 3.63) is 78.5 Å². The largest absolute Gasteiger partial charge is 0.309 e. The topological polar surface area (TPSA) is 70.6 Å². The Morgan fingerprint density at radius 1 is 0.938 bits per heavy atom. The summed E-state index contributed by atoms with van der Waals surface area (Å²) in [6.07, 6.45) is 6.78. The third kappa shape index (κ3) is 2.59. The summed E-state index contributed by atoms with van der Waals surface area (Å²) >= 11 is 0. The highest BCUT2D eigenvalue weighted by atomic mass is 16.2. The van der Waals surface area contributed by atoms with Gasteiger partial charge in [0.2, 0.25) is 11.8 Å². The van der Waals surface area contributed by atoms with Crippen molar-refractivity contribution in [1.82, 2.24) is 4.98 Å². The standard InChI is InChI=1S/C26H21N3O3/c1-28(20-6-2-4-15-5-3-13-27-23(15)20)24(30)16-9-11-19(12-10-16)29-25(31)21-17-7-8-18(14-17)22(21)26(29)32/h2-13,17-18,21-22H,14H2,1H3/t17-,18?,21-,22+/m1/s1. The van der Waals surface area contributed by atoms with Crippen molar-refractivity contribution < 1.29 is 14.4 Å². The molecule has 1 saturated carbocycles. The number of carbonyl (C=O) groups is 3. The maximum Gasteiger partial charge on any atom is 0.258 e. The lowest BCUT2D eigenvalue weighted by molar-refractivity contribution is -0.123. The molecule has 2 aromatic carbocycles. The van der Waals surface area contributed by atoms with Crippen LogP contribution >= 0.6 is 0 Å². The molecule has 2 bridgehead atoms. The number of rotatable bonds is 3. The minimum absolute atomic E-state index is 0.116. The minimum atomic E-state index is -0.233. The van der Waals surface area contributed by atoms with E-state index in [2.05, 4.69) is 17.1 Å². The van der Waals surface area contributed by atoms with E-state index in [9.17, 15) is 14.4 Å². The first-order valence-corrected chi connectivity index (χ1v) is 10.8. The number of pyridine rings is 1. The fraction of sp³-hybridized carbons (Fsp3) is 0.231. The normalized spacial score (nSPS) is 25.6. The van der Waals surface area contributed by atoms with Gasteiger partial charge in [0.05, 0.1) is 28.7 Å². The van der Waals surface area contributed by atoms with Crippen LogP contribution in [0.4, 0.5) is 11.4 Å². The average molecular weight is 423 g/mol. The fourth-order valence-electron chi connectivity index (χ4n) is 5.57. The summed E-state index contributed by atoms with van der Waals surface area (Å²) in [5, 5.41) is 0.958. The Bertz CT molecular complexity index is 1280. The zero-order chi connectivity index (χ0) is 22.0. The molecular weight excluding hydrogens is 402 g/mol. The predicted molar refractivity (Wildman–Crippen MR) is 121 cm³/mol. The summed E-state index contributed by atoms with van der Waals surface area (Å²) in [7, 11) is 1.72. The van der Waals surface area contributed by atoms with E-state index in [0.717, 1.165) is 23.0 Å². The number of fused-ring (bicyclic) bond motifs is 6. The number of para-hydroxylation sites is 1. The van der Waals surface area contributed by atoms with Gasteiger partial charge in [-0.2, -0.15) is 0 Å². The molecule has 3 aromatic rings. The Kier molecular flexibility index (Phi) is 4.05. The molecule has 1 aliphatic heterocycles. The van der Waals surface area contributed by atoms with Crippen LogP contribution < -0.4 is 9.80 Å². The summed E-state index contributed by atoms with van der Waals surface area (Å²) in [6.45, 7) is 0. The molecule has 1 aromatic heterocycles. The van der Waals surface area contributed by atoms with Gasteiger partial charge in [0.25, 0.3) is 5.91 Å². The Morgan fingerprint density at radius 3 is 2.28 bits per heavy atom. The van der Waals surface area contributed by atoms with E-state index in [1.165, 1.54) is 4.90 Å². The van der Waals surface area contributed by atoms with Crippen molar-refractivity contribution in [2.75, 3.05) is 16.8 Å². The molecule has 1 unspecified atom stereocenters. The van der Waals surface area contributed by atoms with Crippen LogP contribution in [0.3, 0.4) is 0 Å². The van der Waals surface area contributed by atoms with Crippen LogP contribution in [0.1, 0.15) is 16.8 Å². The van der Waals surface area contributed by atoms with Gasteiger partial charge < -0.3 is 4.90 Å². The molecule has 2 aliphatic carbocycles. The summed E-state index contributed by atoms with van der Waals surface area (Å²) in [5.74, 6) is -0.532. The Balaban J connectivity index is 1.27. The maximum absolute atomic E-state index is 13.1. The number of imide groups is 1. The zero-order valence-corrected chi connectivity index (χ0v) is 17.5. The van der Waals surface area contributed by atoms with Crippen molar-refractivity contribution in [1.29, 1.82) is 0 Å². The highest BCUT2D eigenvalue weighted by molar-refractivity contribution is 6.23. The third-order valence-corrected chi connectivity index (χ3v) is 7.12. The number of allylic oxidation sites excluding steroid dienone is 2. The first kappa shape index (κ1) is 18.9. The first-order valence-electron chi connectivity index (χ1n) is 10.8. The van der Waals surface area contributed by atoms with Gasteiger partial charge in [-0.3, -0.25) is 24.3 Å². The number of hydrogen-bond acceptors (Lipinski definition) is 4. The van der Waals surface area contributed by atoms with Crippen LogP contribution in [0.2, 0.25) is 0 Å². The van der Waals surface area contributed by atoms with Crippen LogP contribution in [0.5, 0.6) is 0 Å². The zero-order valence-electron chi connectivity index (χ0n) is 17.5. The van der Waals surface area contributed by atoms with Crippen molar-refractivity contribution in [2.24, 2.45) is 23.7 Å². The van der Waals surface area contributed by atoms with Crippen molar-refractivity contribution in [2.45, 2.75) is 6.42 Å². The van der Waals surface area contributed by atoms with Gasteiger partial charge in [0, 0.05) is 24.2 Å². The molecule has 3 amide bonds. The SMILES string of the molecule is CN(C(=O)c1ccc(N2C(=O)[C@@H]3[C@@H]4C=CC(C4)[C@@H]3C2=O)cc1)c1cccc2cccnc12. The number of anilines is 2. The average Bonchev–Trinajstić information content (AvgIpc) is 3.51. The minimum Gasteiger partial charge on any atom is -0.309 e. The molecule has 0 spiro atoms. The van der Waals surface area contributed by atoms with E-state index in [1.807, 2.05) is 30.3 Å². The molecule has 0 radical (unpaired) electrons. The quantitative estimate of drug-likeness (QED) is 0.474. The predicted octanol–water partition coefficient (Wildman–Crippen LogP) is 3.82. The van der Waals surface area contributed by atoms with Gasteiger partial charge >= 0.3 is 0 Å². The number of amides is 3. The van der Waals surface area contributed by atoms with Crippen LogP contribution in [-0.4, -0.2) is 29.8 Å². The van der Waals surface area contributed by atoms with E-state index in [1.54, 1.807) is 42.4 Å². The van der Waals surface area contributed by atoms with Gasteiger partial charge in [0.1, 0.15) is 0 Å². The summed E-state index contributed by atoms with van der Waals surface area (Å²) in [6, 6.07) is 16.3. The molecular formula is C26H21N3O3. The van der Waals surface area contributed by atoms with E-state index in [4.69, 9.17) is 0 Å². The first-order chi connectivity index (χ1) is 15.5. The summed E-state index contributed by atoms with van der Waals surface area (Å²) < 4.78 is 0. The van der Waals surface area contributed by atoms with Crippen molar-refractivity contribution in [3.8, 4) is 0 Å². The molecule has 2 fully saturated rings. The van der Waals surface area contributed by atoms with Crippen molar-refractivity contribution >= 4 is 40.0 Å². The molecule has 6 heteroatoms. The Labute approximate surface area is 185 Å². The molecule has 0 N–H and O–H groups in total. The van der Waals surface area contributed by atoms with Gasteiger partial charge in [-0.25, -0.2) is 0 Å². The molecule has 158 valence electrons. The molecule has 4 atom stereocenters. The number of hydrogen-bond donors (Lipinski definition) is 0.